The van der Waals surface area contributed by atoms with Crippen molar-refractivity contribution >= 4 is 11.6 Å². The van der Waals surface area contributed by atoms with Crippen LogP contribution in [0.25, 0.3) is 0 Å². The van der Waals surface area contributed by atoms with Crippen LogP contribution in [0.1, 0.15) is 6.92 Å². The van der Waals surface area contributed by atoms with E-state index in [1.54, 1.807) is 0 Å². The van der Waals surface area contributed by atoms with Gasteiger partial charge in [0.05, 0.1) is 0 Å². The van der Waals surface area contributed by atoms with Crippen LogP contribution >= 0.6 is 11.6 Å². The largest absolute Gasteiger partial charge is 0.380 e. The van der Waals surface area contributed by atoms with Crippen LogP contribution in [0.2, 0.25) is 0 Å². The second kappa shape index (κ2) is 3.18. The topological polar surface area (TPSA) is 0 Å². The molecule has 0 N–H and O–H groups in total. The van der Waals surface area contributed by atoms with E-state index in [1.807, 2.05) is 0 Å². The molecule has 108 valence electrons. The van der Waals surface area contributed by atoms with Crippen LogP contribution in [0, 0.1) is 0 Å². The van der Waals surface area contributed by atoms with E-state index < -0.39 is 41.4 Å². The molecule has 18 heavy (non-hydrogen) atoms. The highest BCUT2D eigenvalue weighted by molar-refractivity contribution is 6.24. The van der Waals surface area contributed by atoms with Crippen molar-refractivity contribution in [2.75, 3.05) is 0 Å². The summed E-state index contributed by atoms with van der Waals surface area (Å²) in [7, 11) is 0. The quantitative estimate of drug-likeness (QED) is 0.465. The van der Waals surface area contributed by atoms with Crippen molar-refractivity contribution in [3.8, 4) is 0 Å². The predicted molar refractivity (Wildman–Crippen MR) is 39.0 cm³/mol. The van der Waals surface area contributed by atoms with E-state index in [2.05, 4.69) is 11.6 Å². The average molecular weight is 313 g/mol. The minimum absolute atomic E-state index is 0.827. The number of rotatable bonds is 0. The van der Waals surface area contributed by atoms with Gasteiger partial charge in [0.1, 0.15) is 0 Å². The summed E-state index contributed by atoms with van der Waals surface area (Å²) in [6.45, 7) is -0.827. The van der Waals surface area contributed by atoms with E-state index in [1.165, 1.54) is 0 Å². The molecule has 1 aliphatic carbocycles. The van der Waals surface area contributed by atoms with Gasteiger partial charge in [0.2, 0.25) is 5.67 Å². The summed E-state index contributed by atoms with van der Waals surface area (Å²) in [6.07, 6.45) is 0. The zero-order valence-corrected chi connectivity index (χ0v) is 8.91. The number of halogens is 11. The fraction of sp³-hybridized carbons (Fsp3) is 1.00. The lowest BCUT2D eigenvalue weighted by molar-refractivity contribution is -0.442. The Hall–Kier alpha value is -0.410. The molecule has 0 nitrogen and oxygen atoms in total. The van der Waals surface area contributed by atoms with E-state index >= 15 is 0 Å². The fourth-order valence-electron chi connectivity index (χ4n) is 1.38. The van der Waals surface area contributed by atoms with E-state index in [0.29, 0.717) is 0 Å². The van der Waals surface area contributed by atoms with Crippen molar-refractivity contribution < 1.29 is 43.9 Å². The van der Waals surface area contributed by atoms with Crippen LogP contribution in [0.5, 0.6) is 0 Å². The Labute approximate surface area is 97.9 Å². The average Bonchev–Trinajstić information content (AvgIpc) is 2.14. The molecule has 0 saturated heterocycles. The first-order chi connectivity index (χ1) is 7.50. The highest BCUT2D eigenvalue weighted by Crippen LogP contribution is 2.69. The van der Waals surface area contributed by atoms with Gasteiger partial charge in [0.25, 0.3) is 0 Å². The predicted octanol–water partition coefficient (Wildman–Crippen LogP) is 4.17. The molecule has 0 aromatic carbocycles. The third-order valence-corrected chi connectivity index (χ3v) is 3.23. The van der Waals surface area contributed by atoms with Gasteiger partial charge >= 0.3 is 28.8 Å². The molecule has 2 atom stereocenters. The molecule has 2 unspecified atom stereocenters. The van der Waals surface area contributed by atoms with Gasteiger partial charge in [0.15, 0.2) is 0 Å². The molecule has 0 aromatic heterocycles. The zero-order valence-electron chi connectivity index (χ0n) is 8.16. The molecule has 1 rings (SSSR count). The molecule has 1 aliphatic rings. The minimum Gasteiger partial charge on any atom is -0.230 e. The lowest BCUT2D eigenvalue weighted by Gasteiger charge is -2.52. The van der Waals surface area contributed by atoms with Crippen LogP contribution in [0.15, 0.2) is 0 Å². The molecule has 0 amide bonds. The highest BCUT2D eigenvalue weighted by atomic mass is 35.5. The summed E-state index contributed by atoms with van der Waals surface area (Å²) >= 11 is 3.93. The van der Waals surface area contributed by atoms with Crippen LogP contribution in [-0.4, -0.2) is 34.5 Å². The van der Waals surface area contributed by atoms with Crippen molar-refractivity contribution in [3.05, 3.63) is 0 Å². The molecule has 11 heteroatoms. The van der Waals surface area contributed by atoms with Gasteiger partial charge in [-0.3, -0.25) is 0 Å². The second-order valence-electron chi connectivity index (χ2n) is 3.87. The molecule has 0 bridgehead atoms. The monoisotopic (exact) mass is 312 g/mol. The van der Waals surface area contributed by atoms with Gasteiger partial charge in [-0.1, -0.05) is 11.6 Å². The first-order valence-corrected chi connectivity index (χ1v) is 4.46. The van der Waals surface area contributed by atoms with Gasteiger partial charge in [-0.25, -0.2) is 8.78 Å². The van der Waals surface area contributed by atoms with Crippen LogP contribution in [0.3, 0.4) is 0 Å². The standard InChI is InChI=1S/C7H3ClF10/c1-2(9)4(11,12)3(8,10)6(15,16)7(17,18)5(2,13)14/h1H3. The molecule has 0 radical (unpaired) electrons. The van der Waals surface area contributed by atoms with Crippen molar-refractivity contribution in [2.45, 2.75) is 41.4 Å². The van der Waals surface area contributed by atoms with Crippen LogP contribution < -0.4 is 0 Å². The van der Waals surface area contributed by atoms with Gasteiger partial charge < -0.3 is 0 Å². The second-order valence-corrected chi connectivity index (χ2v) is 4.40. The maximum atomic E-state index is 13.1. The summed E-state index contributed by atoms with van der Waals surface area (Å²) in [5, 5.41) is -6.01. The molecule has 0 aliphatic heterocycles. The SMILES string of the molecule is CC1(F)C(F)(F)C(F)(F)C(F)(F)C(F)(Cl)C1(F)F. The molecule has 0 heterocycles. The van der Waals surface area contributed by atoms with E-state index in [0.717, 1.165) is 0 Å². The maximum Gasteiger partial charge on any atom is 0.380 e. The van der Waals surface area contributed by atoms with Crippen molar-refractivity contribution in [3.63, 3.8) is 0 Å². The number of hydrogen-bond acceptors (Lipinski definition) is 0. The minimum atomic E-state index is -6.73. The Kier molecular flexibility index (Phi) is 2.77. The highest BCUT2D eigenvalue weighted by Gasteiger charge is 2.98. The molecular weight excluding hydrogens is 310 g/mol. The smallest absolute Gasteiger partial charge is 0.230 e. The molecule has 0 aromatic rings. The molecule has 1 fully saturated rings. The lowest BCUT2D eigenvalue weighted by atomic mass is 9.74. The summed E-state index contributed by atoms with van der Waals surface area (Å²) in [6, 6.07) is 0. The normalized spacial score (nSPS) is 44.7. The Bertz CT molecular complexity index is 253. The van der Waals surface area contributed by atoms with Gasteiger partial charge in [-0.15, -0.1) is 0 Å². The Morgan fingerprint density at radius 3 is 1.22 bits per heavy atom. The summed E-state index contributed by atoms with van der Waals surface area (Å²) in [4.78, 5) is 0. The fourth-order valence-corrected chi connectivity index (χ4v) is 1.67. The van der Waals surface area contributed by atoms with Crippen molar-refractivity contribution in [1.29, 1.82) is 0 Å². The van der Waals surface area contributed by atoms with Crippen LogP contribution in [0.4, 0.5) is 43.9 Å². The Morgan fingerprint density at radius 2 is 0.889 bits per heavy atom. The number of hydrogen-bond donors (Lipinski definition) is 0. The Morgan fingerprint density at radius 1 is 0.556 bits per heavy atom. The van der Waals surface area contributed by atoms with E-state index in [9.17, 15) is 43.9 Å². The van der Waals surface area contributed by atoms with Gasteiger partial charge in [-0.05, 0) is 6.92 Å². The summed E-state index contributed by atoms with van der Waals surface area (Å²) in [5.74, 6) is -26.2. The molecule has 0 spiro atoms. The van der Waals surface area contributed by atoms with Crippen LogP contribution in [-0.2, 0) is 0 Å². The lowest BCUT2D eigenvalue weighted by Crippen LogP contribution is -2.82. The summed E-state index contributed by atoms with van der Waals surface area (Å²) in [5.41, 5.74) is -5.61. The van der Waals surface area contributed by atoms with E-state index in [4.69, 9.17) is 0 Å². The number of alkyl halides is 11. The van der Waals surface area contributed by atoms with E-state index in [-0.39, 0.29) is 0 Å². The molecular formula is C7H3ClF10. The third-order valence-electron chi connectivity index (χ3n) is 2.76. The first-order valence-electron chi connectivity index (χ1n) is 4.08. The Balaban J connectivity index is 3.72. The third kappa shape index (κ3) is 1.16. The maximum absolute atomic E-state index is 13.1. The van der Waals surface area contributed by atoms with Gasteiger partial charge in [-0.2, -0.15) is 35.1 Å². The van der Waals surface area contributed by atoms with Crippen molar-refractivity contribution in [2.24, 2.45) is 0 Å². The summed E-state index contributed by atoms with van der Waals surface area (Å²) < 4.78 is 128. The first kappa shape index (κ1) is 15.6. The zero-order chi connectivity index (χ0) is 15.0. The molecule has 1 saturated carbocycles. The van der Waals surface area contributed by atoms with Crippen molar-refractivity contribution in [1.82, 2.24) is 0 Å². The van der Waals surface area contributed by atoms with Gasteiger partial charge in [0, 0.05) is 0 Å².